The topological polar surface area (TPSA) is 23.1 Å². The van der Waals surface area contributed by atoms with Crippen LogP contribution in [0.25, 0.3) is 0 Å². The Morgan fingerprint density at radius 2 is 2.20 bits per heavy atom. The van der Waals surface area contributed by atoms with Crippen LogP contribution in [0.4, 0.5) is 0 Å². The predicted octanol–water partition coefficient (Wildman–Crippen LogP) is -0.0528. The predicted molar refractivity (Wildman–Crippen MR) is 58.6 cm³/mol. The molecule has 0 aromatic heterocycles. The van der Waals surface area contributed by atoms with E-state index >= 15 is 0 Å². The molecule has 0 amide bonds. The molecule has 0 saturated carbocycles. The molecular formula is C13H19LiO. The summed E-state index contributed by atoms with van der Waals surface area (Å²) in [5.41, 5.74) is 2.20. The molecular weight excluding hydrogens is 179 g/mol. The first-order valence-corrected chi connectivity index (χ1v) is 5.17. The van der Waals surface area contributed by atoms with Crippen LogP contribution in [0.3, 0.4) is 0 Å². The van der Waals surface area contributed by atoms with E-state index < -0.39 is 0 Å². The monoisotopic (exact) mass is 198 g/mol. The van der Waals surface area contributed by atoms with E-state index in [1.165, 1.54) is 0 Å². The van der Waals surface area contributed by atoms with E-state index in [1.54, 1.807) is 6.08 Å². The molecule has 0 heterocycles. The average Bonchev–Trinajstić information content (AvgIpc) is 2.02. The number of allylic oxidation sites excluding steroid dienone is 4. The van der Waals surface area contributed by atoms with Crippen LogP contribution in [0.5, 0.6) is 0 Å². The van der Waals surface area contributed by atoms with Crippen LogP contribution < -0.4 is 24.0 Å². The Hall–Kier alpha value is -0.383. The minimum atomic E-state index is 0. The molecule has 1 aliphatic carbocycles. The van der Waals surface area contributed by atoms with Gasteiger partial charge in [0.25, 0.3) is 0 Å². The van der Waals surface area contributed by atoms with Crippen LogP contribution in [0.2, 0.25) is 0 Å². The second kappa shape index (κ2) is 5.63. The normalized spacial score (nSPS) is 22.5. The van der Waals surface area contributed by atoms with Gasteiger partial charge in [-0.3, -0.25) is 0 Å². The van der Waals surface area contributed by atoms with Crippen molar-refractivity contribution in [2.75, 3.05) is 0 Å². The zero-order valence-corrected chi connectivity index (χ0v) is 10.4. The summed E-state index contributed by atoms with van der Waals surface area (Å²) in [5.74, 6) is 0.235. The van der Waals surface area contributed by atoms with Crippen molar-refractivity contribution in [2.24, 2.45) is 5.41 Å². The van der Waals surface area contributed by atoms with Gasteiger partial charge in [0.1, 0.15) is 0 Å². The summed E-state index contributed by atoms with van der Waals surface area (Å²) < 4.78 is 0. The van der Waals surface area contributed by atoms with Gasteiger partial charge in [-0.25, -0.2) is 0 Å². The first-order valence-electron chi connectivity index (χ1n) is 5.17. The Bertz CT molecular complexity index is 298. The minimum Gasteiger partial charge on any atom is -0.875 e. The van der Waals surface area contributed by atoms with Crippen molar-refractivity contribution < 1.29 is 24.0 Å². The molecule has 1 nitrogen and oxygen atoms in total. The maximum Gasteiger partial charge on any atom is 1.00 e. The van der Waals surface area contributed by atoms with Crippen LogP contribution in [0.15, 0.2) is 35.6 Å². The van der Waals surface area contributed by atoms with Crippen molar-refractivity contribution >= 4 is 0 Å². The quantitative estimate of drug-likeness (QED) is 0.346. The van der Waals surface area contributed by atoms with E-state index in [0.29, 0.717) is 6.42 Å². The van der Waals surface area contributed by atoms with Crippen molar-refractivity contribution in [3.8, 4) is 0 Å². The Labute approximate surface area is 105 Å². The molecule has 0 aromatic carbocycles. The van der Waals surface area contributed by atoms with Gasteiger partial charge in [0, 0.05) is 0 Å². The average molecular weight is 198 g/mol. The summed E-state index contributed by atoms with van der Waals surface area (Å²) in [6.07, 6.45) is 6.48. The van der Waals surface area contributed by atoms with Gasteiger partial charge >= 0.3 is 18.9 Å². The molecule has 78 valence electrons. The van der Waals surface area contributed by atoms with Gasteiger partial charge < -0.3 is 5.11 Å². The van der Waals surface area contributed by atoms with E-state index in [4.69, 9.17) is 0 Å². The summed E-state index contributed by atoms with van der Waals surface area (Å²) >= 11 is 0. The van der Waals surface area contributed by atoms with Crippen molar-refractivity contribution in [1.82, 2.24) is 0 Å². The molecule has 0 fully saturated rings. The Balaban J connectivity index is 0.00000196. The summed E-state index contributed by atoms with van der Waals surface area (Å²) in [4.78, 5) is 0. The third-order valence-corrected chi connectivity index (χ3v) is 2.90. The minimum absolute atomic E-state index is 0. The molecule has 0 atom stereocenters. The van der Waals surface area contributed by atoms with Gasteiger partial charge in [-0.2, -0.15) is 0 Å². The summed E-state index contributed by atoms with van der Waals surface area (Å²) in [6.45, 7) is 9.96. The molecule has 1 rings (SSSR count). The van der Waals surface area contributed by atoms with Gasteiger partial charge in [-0.15, -0.1) is 12.3 Å². The summed E-state index contributed by atoms with van der Waals surface area (Å²) in [5, 5.41) is 11.9. The van der Waals surface area contributed by atoms with E-state index in [9.17, 15) is 5.11 Å². The standard InChI is InChI=1S/C13H20O.Li/c1-5-7-11(14)12-10(2)8-6-9-13(12,3)4;/h5,8,14H,1,6-7,9H2,2-4H3;/q;+1/p-1/b12-11-;. The number of rotatable bonds is 2. The second-order valence-corrected chi connectivity index (χ2v) is 4.60. The molecule has 0 saturated heterocycles. The van der Waals surface area contributed by atoms with Gasteiger partial charge in [0.2, 0.25) is 0 Å². The molecule has 0 N–H and O–H groups in total. The fourth-order valence-corrected chi connectivity index (χ4v) is 2.24. The zero-order valence-electron chi connectivity index (χ0n) is 10.4. The summed E-state index contributed by atoms with van der Waals surface area (Å²) in [6, 6.07) is 0. The van der Waals surface area contributed by atoms with Crippen molar-refractivity contribution in [3.63, 3.8) is 0 Å². The van der Waals surface area contributed by atoms with E-state index in [-0.39, 0.29) is 30.0 Å². The second-order valence-electron chi connectivity index (χ2n) is 4.60. The Morgan fingerprint density at radius 1 is 1.60 bits per heavy atom. The van der Waals surface area contributed by atoms with Crippen LogP contribution in [0, 0.1) is 5.41 Å². The van der Waals surface area contributed by atoms with E-state index in [0.717, 1.165) is 24.0 Å². The largest absolute Gasteiger partial charge is 1.00 e. The Kier molecular flexibility index (Phi) is 5.49. The first kappa shape index (κ1) is 14.6. The van der Waals surface area contributed by atoms with E-state index in [2.05, 4.69) is 26.5 Å². The third-order valence-electron chi connectivity index (χ3n) is 2.90. The third kappa shape index (κ3) is 3.29. The van der Waals surface area contributed by atoms with Gasteiger partial charge in [-0.1, -0.05) is 37.1 Å². The van der Waals surface area contributed by atoms with Gasteiger partial charge in [-0.05, 0) is 31.6 Å². The van der Waals surface area contributed by atoms with Crippen LogP contribution >= 0.6 is 0 Å². The van der Waals surface area contributed by atoms with Crippen molar-refractivity contribution in [3.05, 3.63) is 35.6 Å². The SMILES string of the molecule is C=CC/C([O-])=C1\C(C)=CCCC1(C)C.[Li+]. The molecule has 2 heteroatoms. The molecule has 0 unspecified atom stereocenters. The van der Waals surface area contributed by atoms with Crippen LogP contribution in [0.1, 0.15) is 40.0 Å². The van der Waals surface area contributed by atoms with Gasteiger partial charge in [0.15, 0.2) is 0 Å². The maximum absolute atomic E-state index is 11.9. The zero-order chi connectivity index (χ0) is 10.8. The van der Waals surface area contributed by atoms with Crippen LogP contribution in [-0.4, -0.2) is 0 Å². The first-order chi connectivity index (χ1) is 6.49. The van der Waals surface area contributed by atoms with Crippen LogP contribution in [-0.2, 0) is 0 Å². The molecule has 15 heavy (non-hydrogen) atoms. The fraction of sp³-hybridized carbons (Fsp3) is 0.538. The summed E-state index contributed by atoms with van der Waals surface area (Å²) in [7, 11) is 0. The molecule has 0 aliphatic heterocycles. The molecule has 0 radical (unpaired) electrons. The maximum atomic E-state index is 11.9. The number of hydrogen-bond acceptors (Lipinski definition) is 1. The Morgan fingerprint density at radius 3 is 2.67 bits per heavy atom. The molecule has 1 aliphatic rings. The van der Waals surface area contributed by atoms with Crippen molar-refractivity contribution in [2.45, 2.75) is 40.0 Å². The van der Waals surface area contributed by atoms with E-state index in [1.807, 2.05) is 6.92 Å². The molecule has 0 bridgehead atoms. The van der Waals surface area contributed by atoms with Crippen molar-refractivity contribution in [1.29, 1.82) is 0 Å². The van der Waals surface area contributed by atoms with Gasteiger partial charge in [0.05, 0.1) is 0 Å². The molecule has 0 spiro atoms. The molecule has 0 aromatic rings. The fourth-order valence-electron chi connectivity index (χ4n) is 2.24. The smallest absolute Gasteiger partial charge is 0.875 e. The number of hydrogen-bond donors (Lipinski definition) is 0.